The Morgan fingerprint density at radius 1 is 1.21 bits per heavy atom. The van der Waals surface area contributed by atoms with E-state index >= 15 is 0 Å². The Balaban J connectivity index is 1.67. The van der Waals surface area contributed by atoms with Gasteiger partial charge in [-0.1, -0.05) is 24.3 Å². The lowest BCUT2D eigenvalue weighted by atomic mass is 9.94. The topological polar surface area (TPSA) is 74.4 Å². The van der Waals surface area contributed by atoms with E-state index in [0.717, 1.165) is 19.5 Å². The summed E-state index contributed by atoms with van der Waals surface area (Å²) in [6, 6.07) is 8.54. The molecule has 0 saturated carbocycles. The van der Waals surface area contributed by atoms with Crippen LogP contribution in [0.5, 0.6) is 0 Å². The molecule has 3 rings (SSSR count). The number of hydrogen-bond donors (Lipinski definition) is 2. The van der Waals surface area contributed by atoms with Crippen LogP contribution in [0.2, 0.25) is 0 Å². The Morgan fingerprint density at radius 2 is 1.90 bits per heavy atom. The minimum atomic E-state index is -0.398. The highest BCUT2D eigenvalue weighted by Crippen LogP contribution is 2.25. The fourth-order valence-corrected chi connectivity index (χ4v) is 4.00. The normalized spacial score (nSPS) is 14.4. The number of carbonyl (C=O) groups excluding carboxylic acids is 2. The van der Waals surface area contributed by atoms with Crippen LogP contribution < -0.4 is 5.32 Å². The third-order valence-corrected chi connectivity index (χ3v) is 5.81. The van der Waals surface area contributed by atoms with E-state index in [1.54, 1.807) is 20.8 Å². The van der Waals surface area contributed by atoms with Gasteiger partial charge in [-0.3, -0.25) is 9.69 Å². The minimum absolute atomic E-state index is 0.192. The van der Waals surface area contributed by atoms with Crippen LogP contribution in [0.1, 0.15) is 64.0 Å². The standard InChI is InChI=1S/C23H31N3O3/c1-6-29-22(28)19-15(2)20(25-16(19)3)21(27)24-14-23(4,5)26-12-11-17-9-7-8-10-18(17)13-26/h7-10,25H,6,11-14H2,1-5H3,(H,24,27). The fraction of sp³-hybridized carbons (Fsp3) is 0.478. The summed E-state index contributed by atoms with van der Waals surface area (Å²) in [6.45, 7) is 12.3. The van der Waals surface area contributed by atoms with Crippen LogP contribution in [0.4, 0.5) is 0 Å². The lowest BCUT2D eigenvalue weighted by Gasteiger charge is -2.41. The van der Waals surface area contributed by atoms with E-state index in [2.05, 4.69) is 53.3 Å². The molecule has 29 heavy (non-hydrogen) atoms. The summed E-state index contributed by atoms with van der Waals surface area (Å²) in [5, 5.41) is 3.05. The van der Waals surface area contributed by atoms with E-state index in [4.69, 9.17) is 4.74 Å². The molecule has 1 aliphatic heterocycles. The van der Waals surface area contributed by atoms with Crippen molar-refractivity contribution in [2.24, 2.45) is 0 Å². The Morgan fingerprint density at radius 3 is 2.59 bits per heavy atom. The molecule has 156 valence electrons. The molecule has 0 radical (unpaired) electrons. The van der Waals surface area contributed by atoms with Gasteiger partial charge in [-0.15, -0.1) is 0 Å². The Kier molecular flexibility index (Phi) is 6.13. The number of carbonyl (C=O) groups is 2. The Labute approximate surface area is 172 Å². The van der Waals surface area contributed by atoms with Crippen LogP contribution in [0.3, 0.4) is 0 Å². The highest BCUT2D eigenvalue weighted by Gasteiger charge is 2.31. The van der Waals surface area contributed by atoms with E-state index < -0.39 is 5.97 Å². The maximum Gasteiger partial charge on any atom is 0.340 e. The van der Waals surface area contributed by atoms with Crippen molar-refractivity contribution in [2.75, 3.05) is 19.7 Å². The number of benzene rings is 1. The summed E-state index contributed by atoms with van der Waals surface area (Å²) in [6.07, 6.45) is 1.02. The number of aromatic amines is 1. The van der Waals surface area contributed by atoms with E-state index in [0.29, 0.717) is 35.7 Å². The van der Waals surface area contributed by atoms with Crippen molar-refractivity contribution in [2.45, 2.75) is 53.1 Å². The molecule has 1 aliphatic rings. The van der Waals surface area contributed by atoms with Gasteiger partial charge in [0.2, 0.25) is 0 Å². The average Bonchev–Trinajstić information content (AvgIpc) is 3.00. The van der Waals surface area contributed by atoms with E-state index in [1.807, 2.05) is 0 Å². The Bertz CT molecular complexity index is 914. The number of nitrogens with zero attached hydrogens (tertiary/aromatic N) is 1. The zero-order chi connectivity index (χ0) is 21.2. The molecule has 0 aliphatic carbocycles. The zero-order valence-corrected chi connectivity index (χ0v) is 18.0. The van der Waals surface area contributed by atoms with Gasteiger partial charge in [-0.25, -0.2) is 4.79 Å². The van der Waals surface area contributed by atoms with E-state index in [1.165, 1.54) is 11.1 Å². The molecule has 6 heteroatoms. The summed E-state index contributed by atoms with van der Waals surface area (Å²) < 4.78 is 5.11. The van der Waals surface area contributed by atoms with E-state index in [-0.39, 0.29) is 11.4 Å². The molecule has 1 aromatic carbocycles. The average molecular weight is 398 g/mol. The maximum absolute atomic E-state index is 12.8. The van der Waals surface area contributed by atoms with Gasteiger partial charge in [0.1, 0.15) is 5.69 Å². The van der Waals surface area contributed by atoms with Crippen molar-refractivity contribution in [1.82, 2.24) is 15.2 Å². The van der Waals surface area contributed by atoms with Gasteiger partial charge in [0, 0.05) is 30.9 Å². The first-order valence-corrected chi connectivity index (χ1v) is 10.2. The minimum Gasteiger partial charge on any atom is -0.462 e. The third-order valence-electron chi connectivity index (χ3n) is 5.81. The van der Waals surface area contributed by atoms with Crippen LogP contribution in [0.15, 0.2) is 24.3 Å². The van der Waals surface area contributed by atoms with Crippen LogP contribution in [-0.2, 0) is 17.7 Å². The quantitative estimate of drug-likeness (QED) is 0.733. The molecule has 2 heterocycles. The van der Waals surface area contributed by atoms with Crippen LogP contribution in [-0.4, -0.2) is 47.0 Å². The third kappa shape index (κ3) is 4.37. The molecule has 0 atom stereocenters. The van der Waals surface area contributed by atoms with Gasteiger partial charge >= 0.3 is 5.97 Å². The molecule has 0 saturated heterocycles. The summed E-state index contributed by atoms with van der Waals surface area (Å²) in [7, 11) is 0. The number of nitrogens with one attached hydrogen (secondary N) is 2. The van der Waals surface area contributed by atoms with Gasteiger partial charge in [0.05, 0.1) is 12.2 Å². The molecule has 2 aromatic rings. The number of amides is 1. The predicted molar refractivity (Wildman–Crippen MR) is 113 cm³/mol. The SMILES string of the molecule is CCOC(=O)c1c(C)[nH]c(C(=O)NCC(C)(C)N2CCc3ccccc3C2)c1C. The summed E-state index contributed by atoms with van der Waals surface area (Å²) in [5.41, 5.74) is 4.72. The smallest absolute Gasteiger partial charge is 0.340 e. The number of H-pyrrole nitrogens is 1. The largest absolute Gasteiger partial charge is 0.462 e. The number of aryl methyl sites for hydroxylation is 1. The lowest BCUT2D eigenvalue weighted by Crippen LogP contribution is -2.53. The molecule has 0 fully saturated rings. The fourth-order valence-electron chi connectivity index (χ4n) is 4.00. The first-order valence-electron chi connectivity index (χ1n) is 10.2. The van der Waals surface area contributed by atoms with Gasteiger partial charge < -0.3 is 15.0 Å². The second-order valence-electron chi connectivity index (χ2n) is 8.28. The van der Waals surface area contributed by atoms with E-state index in [9.17, 15) is 9.59 Å². The van der Waals surface area contributed by atoms with Gasteiger partial charge in [-0.05, 0) is 57.7 Å². The van der Waals surface area contributed by atoms with Crippen molar-refractivity contribution < 1.29 is 14.3 Å². The van der Waals surface area contributed by atoms with Crippen LogP contribution >= 0.6 is 0 Å². The molecule has 2 N–H and O–H groups in total. The number of rotatable bonds is 6. The molecule has 0 spiro atoms. The first-order chi connectivity index (χ1) is 13.7. The predicted octanol–water partition coefficient (Wildman–Crippen LogP) is 3.37. The summed E-state index contributed by atoms with van der Waals surface area (Å²) in [5.74, 6) is -0.600. The van der Waals surface area contributed by atoms with Crippen molar-refractivity contribution in [3.05, 3.63) is 57.9 Å². The van der Waals surface area contributed by atoms with Gasteiger partial charge in [0.25, 0.3) is 5.91 Å². The number of hydrogen-bond acceptors (Lipinski definition) is 4. The Hall–Kier alpha value is -2.60. The molecule has 6 nitrogen and oxygen atoms in total. The molecule has 1 amide bonds. The second kappa shape index (κ2) is 8.41. The maximum atomic E-state index is 12.8. The van der Waals surface area contributed by atoms with Crippen molar-refractivity contribution in [3.8, 4) is 0 Å². The van der Waals surface area contributed by atoms with Crippen molar-refractivity contribution >= 4 is 11.9 Å². The first kappa shape index (κ1) is 21.1. The number of fused-ring (bicyclic) bond motifs is 1. The van der Waals surface area contributed by atoms with Crippen molar-refractivity contribution in [1.29, 1.82) is 0 Å². The number of ether oxygens (including phenoxy) is 1. The second-order valence-corrected chi connectivity index (χ2v) is 8.28. The molecular formula is C23H31N3O3. The molecule has 0 unspecified atom stereocenters. The van der Waals surface area contributed by atoms with Crippen LogP contribution in [0, 0.1) is 13.8 Å². The highest BCUT2D eigenvalue weighted by molar-refractivity contribution is 6.00. The molecular weight excluding hydrogens is 366 g/mol. The molecule has 0 bridgehead atoms. The van der Waals surface area contributed by atoms with Crippen molar-refractivity contribution in [3.63, 3.8) is 0 Å². The lowest BCUT2D eigenvalue weighted by molar-refractivity contribution is 0.0525. The molecule has 1 aromatic heterocycles. The van der Waals surface area contributed by atoms with Crippen LogP contribution in [0.25, 0.3) is 0 Å². The number of esters is 1. The summed E-state index contributed by atoms with van der Waals surface area (Å²) >= 11 is 0. The highest BCUT2D eigenvalue weighted by atomic mass is 16.5. The van der Waals surface area contributed by atoms with Gasteiger partial charge in [-0.2, -0.15) is 0 Å². The summed E-state index contributed by atoms with van der Waals surface area (Å²) in [4.78, 5) is 30.5. The van der Waals surface area contributed by atoms with Gasteiger partial charge in [0.15, 0.2) is 0 Å². The monoisotopic (exact) mass is 397 g/mol. The number of aromatic nitrogens is 1. The zero-order valence-electron chi connectivity index (χ0n) is 18.0.